The maximum absolute atomic E-state index is 5.38. The van der Waals surface area contributed by atoms with Crippen molar-refractivity contribution in [2.24, 2.45) is 0 Å². The molecule has 0 aliphatic rings. The van der Waals surface area contributed by atoms with E-state index in [-0.39, 0.29) is 0 Å². The Balaban J connectivity index is 1.16. The Labute approximate surface area is 323 Å². The Morgan fingerprint density at radius 2 is 0.589 bits per heavy atom. The zero-order chi connectivity index (χ0) is 37.0. The van der Waals surface area contributed by atoms with E-state index in [2.05, 4.69) is 209 Å². The van der Waals surface area contributed by atoms with Gasteiger partial charge in [-0.15, -0.1) is 0 Å². The third-order valence-electron chi connectivity index (χ3n) is 10.9. The van der Waals surface area contributed by atoms with Gasteiger partial charge in [0.15, 0.2) is 5.82 Å². The summed E-state index contributed by atoms with van der Waals surface area (Å²) in [5.74, 6) is 1.71. The Bertz CT molecular complexity index is 3010. The van der Waals surface area contributed by atoms with Gasteiger partial charge in [-0.3, -0.25) is 9.13 Å². The van der Waals surface area contributed by atoms with E-state index < -0.39 is 0 Å². The lowest BCUT2D eigenvalue weighted by molar-refractivity contribution is 0.893. The predicted octanol–water partition coefficient (Wildman–Crippen LogP) is 12.7. The van der Waals surface area contributed by atoms with E-state index in [1.807, 2.05) is 0 Å². The lowest BCUT2D eigenvalue weighted by atomic mass is 9.91. The van der Waals surface area contributed by atoms with Crippen LogP contribution in [0.25, 0.3) is 100 Å². The molecule has 0 unspecified atom stereocenters. The normalized spacial score (nSPS) is 11.6. The van der Waals surface area contributed by atoms with Crippen LogP contribution < -0.4 is 0 Å². The van der Waals surface area contributed by atoms with Gasteiger partial charge in [-0.25, -0.2) is 0 Å². The minimum absolute atomic E-state index is 0.559. The highest BCUT2D eigenvalue weighted by molar-refractivity contribution is 6.10. The molecule has 0 radical (unpaired) electrons. The summed E-state index contributed by atoms with van der Waals surface area (Å²) >= 11 is 0. The van der Waals surface area contributed by atoms with Gasteiger partial charge < -0.3 is 0 Å². The third kappa shape index (κ3) is 5.13. The number of hydrogen-bond acceptors (Lipinski definition) is 3. The molecule has 3 heterocycles. The van der Waals surface area contributed by atoms with Gasteiger partial charge in [-0.2, -0.15) is 15.0 Å². The van der Waals surface area contributed by atoms with Gasteiger partial charge in [-0.1, -0.05) is 176 Å². The highest BCUT2D eigenvalue weighted by atomic mass is 15.3. The minimum Gasteiger partial charge on any atom is -0.278 e. The number of benzene rings is 8. The van der Waals surface area contributed by atoms with Crippen LogP contribution in [0.2, 0.25) is 0 Å². The van der Waals surface area contributed by atoms with E-state index >= 15 is 0 Å². The second-order valence-corrected chi connectivity index (χ2v) is 14.0. The van der Waals surface area contributed by atoms with Gasteiger partial charge in [0.25, 0.3) is 0 Å². The topological polar surface area (TPSA) is 48.5 Å². The number of nitrogens with zero attached hydrogens (tertiary/aromatic N) is 5. The maximum Gasteiger partial charge on any atom is 0.240 e. The highest BCUT2D eigenvalue weighted by Gasteiger charge is 2.22. The van der Waals surface area contributed by atoms with E-state index in [9.17, 15) is 0 Å². The predicted molar refractivity (Wildman–Crippen MR) is 230 cm³/mol. The van der Waals surface area contributed by atoms with Crippen molar-refractivity contribution in [2.45, 2.75) is 0 Å². The summed E-state index contributed by atoms with van der Waals surface area (Å²) in [7, 11) is 0. The van der Waals surface area contributed by atoms with Crippen LogP contribution in [0, 0.1) is 0 Å². The van der Waals surface area contributed by atoms with Crippen LogP contribution in [0.5, 0.6) is 0 Å². The number of fused-ring (bicyclic) bond motifs is 6. The van der Waals surface area contributed by atoms with Gasteiger partial charge in [0.1, 0.15) is 0 Å². The summed E-state index contributed by atoms with van der Waals surface area (Å²) in [6.45, 7) is 0. The molecule has 0 amide bonds. The average molecular weight is 716 g/mol. The van der Waals surface area contributed by atoms with Crippen molar-refractivity contribution in [3.63, 3.8) is 0 Å². The van der Waals surface area contributed by atoms with Crippen LogP contribution in [-0.2, 0) is 0 Å². The largest absolute Gasteiger partial charge is 0.278 e. The monoisotopic (exact) mass is 715 g/mol. The third-order valence-corrected chi connectivity index (χ3v) is 10.9. The minimum atomic E-state index is 0.559. The summed E-state index contributed by atoms with van der Waals surface area (Å²) < 4.78 is 4.36. The molecule has 0 saturated carbocycles. The Morgan fingerprint density at radius 1 is 0.250 bits per heavy atom. The molecule has 0 aliphatic heterocycles. The summed E-state index contributed by atoms with van der Waals surface area (Å²) in [5.41, 5.74) is 11.9. The standard InChI is InChI=1S/C51H33N5/c1-2-16-34(17-3-1)35-30-32-36(33-31-35)37-18-4-5-19-38(37)39-20-6-7-25-44(39)49-52-50(55-45-26-12-8-21-40(45)41-22-9-13-27-46(41)55)54-51(53-49)56-47-28-14-10-23-42(47)43-24-11-15-29-48(43)56/h1-33H. The van der Waals surface area contributed by atoms with E-state index in [1.54, 1.807) is 0 Å². The molecule has 11 rings (SSSR count). The van der Waals surface area contributed by atoms with Crippen molar-refractivity contribution in [3.8, 4) is 56.7 Å². The first-order valence-electron chi connectivity index (χ1n) is 18.9. The van der Waals surface area contributed by atoms with Crippen molar-refractivity contribution in [1.82, 2.24) is 24.1 Å². The van der Waals surface area contributed by atoms with E-state index in [0.717, 1.165) is 71.4 Å². The van der Waals surface area contributed by atoms with Gasteiger partial charge in [-0.05, 0) is 57.6 Å². The molecule has 262 valence electrons. The molecule has 0 fully saturated rings. The Morgan fingerprint density at radius 3 is 1.07 bits per heavy atom. The summed E-state index contributed by atoms with van der Waals surface area (Å²) in [4.78, 5) is 16.1. The number of hydrogen-bond donors (Lipinski definition) is 0. The summed E-state index contributed by atoms with van der Waals surface area (Å²) in [6.07, 6.45) is 0. The van der Waals surface area contributed by atoms with Gasteiger partial charge in [0.05, 0.1) is 22.1 Å². The molecule has 0 saturated heterocycles. The molecule has 0 bridgehead atoms. The van der Waals surface area contributed by atoms with Crippen molar-refractivity contribution < 1.29 is 0 Å². The van der Waals surface area contributed by atoms with E-state index in [0.29, 0.717) is 17.7 Å². The zero-order valence-corrected chi connectivity index (χ0v) is 30.3. The van der Waals surface area contributed by atoms with Crippen LogP contribution in [0.4, 0.5) is 0 Å². The lowest BCUT2D eigenvalue weighted by Crippen LogP contribution is -2.10. The van der Waals surface area contributed by atoms with E-state index in [1.165, 1.54) is 11.1 Å². The number of aromatic nitrogens is 5. The Kier molecular flexibility index (Phi) is 7.42. The first-order valence-corrected chi connectivity index (χ1v) is 18.9. The van der Waals surface area contributed by atoms with Gasteiger partial charge in [0, 0.05) is 27.1 Å². The molecule has 8 aromatic carbocycles. The lowest BCUT2D eigenvalue weighted by Gasteiger charge is -2.16. The maximum atomic E-state index is 5.38. The molecule has 5 nitrogen and oxygen atoms in total. The SMILES string of the molecule is c1ccc(-c2ccc(-c3ccccc3-c3ccccc3-c3nc(-n4c5ccccc5c5ccccc54)nc(-n4c5ccccc5c5ccccc54)n3)cc2)cc1. The van der Waals surface area contributed by atoms with Crippen LogP contribution >= 0.6 is 0 Å². The molecular weight excluding hydrogens is 683 g/mol. The molecule has 0 atom stereocenters. The Hall–Kier alpha value is -7.63. The highest BCUT2D eigenvalue weighted by Crippen LogP contribution is 2.39. The molecular formula is C51H33N5. The summed E-state index contributed by atoms with van der Waals surface area (Å²) in [5, 5.41) is 4.60. The van der Waals surface area contributed by atoms with Crippen molar-refractivity contribution in [2.75, 3.05) is 0 Å². The van der Waals surface area contributed by atoms with Crippen molar-refractivity contribution >= 4 is 43.6 Å². The molecule has 0 N–H and O–H groups in total. The quantitative estimate of drug-likeness (QED) is 0.172. The fourth-order valence-corrected chi connectivity index (χ4v) is 8.31. The van der Waals surface area contributed by atoms with Gasteiger partial charge in [0.2, 0.25) is 11.9 Å². The van der Waals surface area contributed by atoms with Crippen LogP contribution in [0.3, 0.4) is 0 Å². The van der Waals surface area contributed by atoms with Crippen LogP contribution in [-0.4, -0.2) is 24.1 Å². The average Bonchev–Trinajstić information content (AvgIpc) is 3.80. The number of rotatable bonds is 6. The second-order valence-electron chi connectivity index (χ2n) is 14.0. The number of para-hydroxylation sites is 4. The molecule has 11 aromatic rings. The van der Waals surface area contributed by atoms with Crippen LogP contribution in [0.1, 0.15) is 0 Å². The molecule has 0 aliphatic carbocycles. The van der Waals surface area contributed by atoms with Crippen LogP contribution in [0.15, 0.2) is 200 Å². The van der Waals surface area contributed by atoms with E-state index in [4.69, 9.17) is 15.0 Å². The molecule has 5 heteroatoms. The molecule has 3 aromatic heterocycles. The first kappa shape index (κ1) is 31.9. The van der Waals surface area contributed by atoms with Crippen molar-refractivity contribution in [1.29, 1.82) is 0 Å². The molecule has 56 heavy (non-hydrogen) atoms. The second kappa shape index (κ2) is 13.0. The summed E-state index contributed by atoms with van der Waals surface area (Å²) in [6, 6.07) is 70.3. The fraction of sp³-hybridized carbons (Fsp3) is 0. The zero-order valence-electron chi connectivity index (χ0n) is 30.3. The fourth-order valence-electron chi connectivity index (χ4n) is 8.31. The smallest absolute Gasteiger partial charge is 0.240 e. The first-order chi connectivity index (χ1) is 27.8. The molecule has 0 spiro atoms. The van der Waals surface area contributed by atoms with Gasteiger partial charge >= 0.3 is 0 Å². The van der Waals surface area contributed by atoms with Crippen molar-refractivity contribution in [3.05, 3.63) is 200 Å².